The average Bonchev–Trinajstić information content (AvgIpc) is 2.03. The number of hydrogen-bond acceptors (Lipinski definition) is 6. The van der Waals surface area contributed by atoms with Gasteiger partial charge in [-0.3, -0.25) is 0 Å². The van der Waals surface area contributed by atoms with Gasteiger partial charge in [-0.1, -0.05) is 0 Å². The van der Waals surface area contributed by atoms with E-state index < -0.39 is 0 Å². The molecule has 0 aliphatic carbocycles. The first kappa shape index (κ1) is 8.12. The molecular formula is C6H6N4O2. The number of rotatable bonds is 2. The third kappa shape index (κ3) is 1.22. The number of hydrogen-bond donors (Lipinski definition) is 2. The van der Waals surface area contributed by atoms with Crippen molar-refractivity contribution in [1.29, 1.82) is 0 Å². The third-order valence-electron chi connectivity index (χ3n) is 1.33. The van der Waals surface area contributed by atoms with E-state index in [4.69, 9.17) is 11.5 Å². The summed E-state index contributed by atoms with van der Waals surface area (Å²) in [6, 6.07) is 2.57. The van der Waals surface area contributed by atoms with E-state index in [1.54, 1.807) is 0 Å². The van der Waals surface area contributed by atoms with E-state index >= 15 is 0 Å². The topological polar surface area (TPSA) is 111 Å². The molecule has 12 heavy (non-hydrogen) atoms. The van der Waals surface area contributed by atoms with Crippen LogP contribution in [0.3, 0.4) is 0 Å². The second kappa shape index (κ2) is 2.95. The number of anilines is 2. The Morgan fingerprint density at radius 1 is 1.08 bits per heavy atom. The molecule has 0 amide bonds. The van der Waals surface area contributed by atoms with E-state index in [2.05, 4.69) is 10.4 Å². The minimum atomic E-state index is -0.167. The molecule has 0 unspecified atom stereocenters. The molecule has 0 saturated carbocycles. The Balaban J connectivity index is 3.43. The molecule has 62 valence electrons. The molecule has 0 saturated heterocycles. The number of nitrogens with two attached hydrogens (primary N) is 2. The van der Waals surface area contributed by atoms with Crippen LogP contribution in [-0.4, -0.2) is 0 Å². The minimum Gasteiger partial charge on any atom is -0.399 e. The fourth-order valence-electron chi connectivity index (χ4n) is 0.833. The predicted octanol–water partition coefficient (Wildman–Crippen LogP) is 1.65. The molecule has 0 bridgehead atoms. The molecule has 6 heteroatoms. The maximum absolute atomic E-state index is 10.1. The van der Waals surface area contributed by atoms with Gasteiger partial charge >= 0.3 is 0 Å². The largest absolute Gasteiger partial charge is 0.399 e. The molecule has 0 heterocycles. The maximum Gasteiger partial charge on any atom is 0.160 e. The average molecular weight is 166 g/mol. The third-order valence-corrected chi connectivity index (χ3v) is 1.33. The van der Waals surface area contributed by atoms with Gasteiger partial charge in [0.25, 0.3) is 0 Å². The van der Waals surface area contributed by atoms with Crippen molar-refractivity contribution < 1.29 is 0 Å². The van der Waals surface area contributed by atoms with Crippen LogP contribution < -0.4 is 11.5 Å². The lowest BCUT2D eigenvalue weighted by atomic mass is 10.2. The van der Waals surface area contributed by atoms with Crippen LogP contribution in [0.1, 0.15) is 0 Å². The summed E-state index contributed by atoms with van der Waals surface area (Å²) in [5.41, 5.74) is 10.7. The quantitative estimate of drug-likeness (QED) is 0.513. The number of nitrogen functional groups attached to an aromatic ring is 2. The van der Waals surface area contributed by atoms with Gasteiger partial charge in [-0.15, -0.1) is 9.81 Å². The molecule has 1 aromatic carbocycles. The highest BCUT2D eigenvalue weighted by atomic mass is 16.3. The normalized spacial score (nSPS) is 9.33. The van der Waals surface area contributed by atoms with Crippen LogP contribution in [0, 0.1) is 9.81 Å². The number of nitroso groups, excluding NO2 is 2. The van der Waals surface area contributed by atoms with Crippen molar-refractivity contribution in [2.45, 2.75) is 0 Å². The van der Waals surface area contributed by atoms with Crippen molar-refractivity contribution in [2.75, 3.05) is 11.5 Å². The summed E-state index contributed by atoms with van der Waals surface area (Å²) in [6.07, 6.45) is 0. The number of benzene rings is 1. The van der Waals surface area contributed by atoms with Gasteiger partial charge in [-0.2, -0.15) is 0 Å². The van der Waals surface area contributed by atoms with Crippen LogP contribution in [0.2, 0.25) is 0 Å². The van der Waals surface area contributed by atoms with Gasteiger partial charge in [0.05, 0.1) is 5.69 Å². The zero-order valence-electron chi connectivity index (χ0n) is 6.02. The van der Waals surface area contributed by atoms with Crippen LogP contribution in [0.4, 0.5) is 22.7 Å². The molecule has 0 aliphatic rings. The highest BCUT2D eigenvalue weighted by Crippen LogP contribution is 2.35. The molecule has 0 aliphatic heterocycles. The van der Waals surface area contributed by atoms with Crippen molar-refractivity contribution in [2.24, 2.45) is 10.4 Å². The second-order valence-electron chi connectivity index (χ2n) is 2.16. The van der Waals surface area contributed by atoms with E-state index in [1.807, 2.05) is 0 Å². The summed E-state index contributed by atoms with van der Waals surface area (Å²) in [5, 5.41) is 5.12. The Labute approximate surface area is 67.5 Å². The highest BCUT2D eigenvalue weighted by molar-refractivity contribution is 5.80. The Bertz CT molecular complexity index is 337. The summed E-state index contributed by atoms with van der Waals surface area (Å²) in [4.78, 5) is 20.3. The van der Waals surface area contributed by atoms with Crippen molar-refractivity contribution in [3.8, 4) is 0 Å². The van der Waals surface area contributed by atoms with E-state index in [1.165, 1.54) is 12.1 Å². The monoisotopic (exact) mass is 166 g/mol. The highest BCUT2D eigenvalue weighted by Gasteiger charge is 2.08. The zero-order valence-corrected chi connectivity index (χ0v) is 6.02. The van der Waals surface area contributed by atoms with Gasteiger partial charge in [0.1, 0.15) is 5.69 Å². The van der Waals surface area contributed by atoms with Crippen LogP contribution in [0.5, 0.6) is 0 Å². The standard InChI is InChI=1S/C6H6N4O2/c7-3-1-4(8)6(10-12)5(2-3)9-11/h1-2H,7-8H2. The maximum atomic E-state index is 10.1. The minimum absolute atomic E-state index is 0.0552. The lowest BCUT2D eigenvalue weighted by molar-refractivity contribution is 1.42. The van der Waals surface area contributed by atoms with Crippen molar-refractivity contribution in [1.82, 2.24) is 0 Å². The van der Waals surface area contributed by atoms with Crippen molar-refractivity contribution >= 4 is 22.7 Å². The van der Waals surface area contributed by atoms with E-state index in [-0.39, 0.29) is 22.7 Å². The first-order valence-corrected chi connectivity index (χ1v) is 3.04. The molecule has 0 atom stereocenters. The molecule has 0 spiro atoms. The molecule has 1 rings (SSSR count). The van der Waals surface area contributed by atoms with Gasteiger partial charge in [-0.05, 0) is 22.5 Å². The van der Waals surface area contributed by atoms with E-state index in [0.29, 0.717) is 0 Å². The van der Waals surface area contributed by atoms with Crippen LogP contribution in [0.15, 0.2) is 22.5 Å². The fourth-order valence-corrected chi connectivity index (χ4v) is 0.833. The van der Waals surface area contributed by atoms with Gasteiger partial charge in [0, 0.05) is 5.69 Å². The van der Waals surface area contributed by atoms with Gasteiger partial charge in [-0.25, -0.2) is 0 Å². The summed E-state index contributed by atoms with van der Waals surface area (Å²) in [5.74, 6) is 0. The lowest BCUT2D eigenvalue weighted by Crippen LogP contribution is -1.90. The molecular weight excluding hydrogens is 160 g/mol. The Morgan fingerprint density at radius 2 is 1.75 bits per heavy atom. The second-order valence-corrected chi connectivity index (χ2v) is 2.16. The van der Waals surface area contributed by atoms with E-state index in [9.17, 15) is 9.81 Å². The summed E-state index contributed by atoms with van der Waals surface area (Å²) >= 11 is 0. The first-order chi connectivity index (χ1) is 5.69. The van der Waals surface area contributed by atoms with E-state index in [0.717, 1.165) is 0 Å². The SMILES string of the molecule is Nc1cc(N)c(N=O)c(N=O)c1. The van der Waals surface area contributed by atoms with Crippen LogP contribution >= 0.6 is 0 Å². The Morgan fingerprint density at radius 3 is 2.25 bits per heavy atom. The lowest BCUT2D eigenvalue weighted by Gasteiger charge is -2.00. The molecule has 1 aromatic rings. The van der Waals surface area contributed by atoms with Gasteiger partial charge < -0.3 is 11.5 Å². The molecule has 0 aromatic heterocycles. The van der Waals surface area contributed by atoms with Crippen molar-refractivity contribution in [3.05, 3.63) is 21.9 Å². The molecule has 6 nitrogen and oxygen atoms in total. The summed E-state index contributed by atoms with van der Waals surface area (Å²) in [6.45, 7) is 0. The molecule has 4 N–H and O–H groups in total. The zero-order chi connectivity index (χ0) is 9.14. The smallest absolute Gasteiger partial charge is 0.160 e. The van der Waals surface area contributed by atoms with Crippen molar-refractivity contribution in [3.63, 3.8) is 0 Å². The summed E-state index contributed by atoms with van der Waals surface area (Å²) < 4.78 is 0. The number of nitrogens with zero attached hydrogens (tertiary/aromatic N) is 2. The Hall–Kier alpha value is -1.98. The van der Waals surface area contributed by atoms with Crippen LogP contribution in [-0.2, 0) is 0 Å². The predicted molar refractivity (Wildman–Crippen MR) is 46.2 cm³/mol. The van der Waals surface area contributed by atoms with Gasteiger partial charge in [0.2, 0.25) is 0 Å². The Kier molecular flexibility index (Phi) is 2.00. The first-order valence-electron chi connectivity index (χ1n) is 3.04. The molecule has 0 radical (unpaired) electrons. The molecule has 0 fully saturated rings. The van der Waals surface area contributed by atoms with Crippen LogP contribution in [0.25, 0.3) is 0 Å². The fraction of sp³-hybridized carbons (Fsp3) is 0. The van der Waals surface area contributed by atoms with Gasteiger partial charge in [0.15, 0.2) is 5.69 Å². The summed E-state index contributed by atoms with van der Waals surface area (Å²) in [7, 11) is 0.